The lowest BCUT2D eigenvalue weighted by Crippen LogP contribution is -2.57. The van der Waals surface area contributed by atoms with Crippen molar-refractivity contribution >= 4 is 0 Å². The Balaban J connectivity index is 2.47. The molecule has 1 rings (SSSR count). The first-order valence-electron chi connectivity index (χ1n) is 6.32. The van der Waals surface area contributed by atoms with Crippen molar-refractivity contribution < 1.29 is 24.8 Å². The van der Waals surface area contributed by atoms with Gasteiger partial charge in [-0.05, 0) is 20.3 Å². The van der Waals surface area contributed by atoms with Crippen LogP contribution >= 0.6 is 0 Å². The zero-order chi connectivity index (χ0) is 13.0. The third-order valence-electron chi connectivity index (χ3n) is 3.14. The molecule has 0 aromatic heterocycles. The lowest BCUT2D eigenvalue weighted by Gasteiger charge is -2.39. The van der Waals surface area contributed by atoms with E-state index in [1.54, 1.807) is 6.92 Å². The maximum Gasteiger partial charge on any atom is 0.186 e. The van der Waals surface area contributed by atoms with Gasteiger partial charge in [0.2, 0.25) is 0 Å². The Labute approximate surface area is 102 Å². The van der Waals surface area contributed by atoms with Crippen LogP contribution in [0.4, 0.5) is 0 Å². The molecule has 1 saturated heterocycles. The smallest absolute Gasteiger partial charge is 0.186 e. The summed E-state index contributed by atoms with van der Waals surface area (Å²) in [6, 6.07) is 0. The van der Waals surface area contributed by atoms with Gasteiger partial charge in [0, 0.05) is 0 Å². The number of hydrogen-bond acceptors (Lipinski definition) is 5. The molecule has 0 aromatic carbocycles. The summed E-state index contributed by atoms with van der Waals surface area (Å²) in [4.78, 5) is 0. The first-order valence-corrected chi connectivity index (χ1v) is 6.32. The number of aliphatic hydroxyl groups is 3. The summed E-state index contributed by atoms with van der Waals surface area (Å²) in [5.74, 6) is 0. The molecular formula is C12H24O5. The molecule has 1 heterocycles. The topological polar surface area (TPSA) is 79.2 Å². The van der Waals surface area contributed by atoms with E-state index in [0.29, 0.717) is 0 Å². The van der Waals surface area contributed by atoms with E-state index in [4.69, 9.17) is 9.47 Å². The summed E-state index contributed by atoms with van der Waals surface area (Å²) in [6.07, 6.45) is -1.93. The largest absolute Gasteiger partial charge is 0.388 e. The molecule has 3 N–H and O–H groups in total. The highest BCUT2D eigenvalue weighted by Gasteiger charge is 2.42. The Bertz CT molecular complexity index is 223. The minimum absolute atomic E-state index is 0.0377. The summed E-state index contributed by atoms with van der Waals surface area (Å²) < 4.78 is 10.9. The molecule has 0 bridgehead atoms. The van der Waals surface area contributed by atoms with Gasteiger partial charge < -0.3 is 24.8 Å². The van der Waals surface area contributed by atoms with E-state index in [1.165, 1.54) is 0 Å². The predicted molar refractivity (Wildman–Crippen MR) is 62.4 cm³/mol. The van der Waals surface area contributed by atoms with Gasteiger partial charge in [-0.1, -0.05) is 19.8 Å². The van der Waals surface area contributed by atoms with Crippen LogP contribution in [0.2, 0.25) is 0 Å². The molecule has 0 amide bonds. The molecule has 17 heavy (non-hydrogen) atoms. The van der Waals surface area contributed by atoms with Crippen LogP contribution in [0.1, 0.15) is 40.0 Å². The van der Waals surface area contributed by atoms with E-state index in [1.807, 2.05) is 6.92 Å². The van der Waals surface area contributed by atoms with Crippen LogP contribution in [0, 0.1) is 0 Å². The highest BCUT2D eigenvalue weighted by atomic mass is 16.7. The Kier molecular flexibility index (Phi) is 5.82. The van der Waals surface area contributed by atoms with Gasteiger partial charge in [-0.15, -0.1) is 0 Å². The van der Waals surface area contributed by atoms with Crippen LogP contribution in [-0.4, -0.2) is 52.1 Å². The molecule has 0 aromatic rings. The van der Waals surface area contributed by atoms with Gasteiger partial charge in [-0.25, -0.2) is 0 Å². The van der Waals surface area contributed by atoms with Crippen LogP contribution in [0.3, 0.4) is 0 Å². The second-order valence-corrected chi connectivity index (χ2v) is 4.77. The van der Waals surface area contributed by atoms with Crippen LogP contribution in [-0.2, 0) is 9.47 Å². The number of ether oxygens (including phenoxy) is 2. The Hall–Kier alpha value is -0.200. The molecule has 1 aliphatic rings. The van der Waals surface area contributed by atoms with E-state index in [-0.39, 0.29) is 6.10 Å². The molecule has 1 fully saturated rings. The Morgan fingerprint density at radius 3 is 2.41 bits per heavy atom. The normalized spacial score (nSPS) is 40.2. The molecule has 1 aliphatic heterocycles. The number of rotatable bonds is 5. The molecule has 0 aliphatic carbocycles. The fourth-order valence-electron chi connectivity index (χ4n) is 1.91. The minimum Gasteiger partial charge on any atom is -0.388 e. The van der Waals surface area contributed by atoms with Gasteiger partial charge >= 0.3 is 0 Å². The number of aliphatic hydroxyl groups excluding tert-OH is 3. The average Bonchev–Trinajstić information content (AvgIpc) is 2.30. The van der Waals surface area contributed by atoms with Crippen LogP contribution in [0.25, 0.3) is 0 Å². The minimum atomic E-state index is -1.22. The second-order valence-electron chi connectivity index (χ2n) is 4.77. The van der Waals surface area contributed by atoms with Crippen LogP contribution in [0.5, 0.6) is 0 Å². The molecule has 0 spiro atoms. The lowest BCUT2D eigenvalue weighted by atomic mass is 10.00. The first kappa shape index (κ1) is 14.9. The Morgan fingerprint density at radius 2 is 1.82 bits per heavy atom. The lowest BCUT2D eigenvalue weighted by molar-refractivity contribution is -0.302. The van der Waals surface area contributed by atoms with E-state index in [9.17, 15) is 15.3 Å². The van der Waals surface area contributed by atoms with Gasteiger partial charge in [0.25, 0.3) is 0 Å². The zero-order valence-electron chi connectivity index (χ0n) is 10.7. The van der Waals surface area contributed by atoms with Crippen molar-refractivity contribution in [3.63, 3.8) is 0 Å². The highest BCUT2D eigenvalue weighted by molar-refractivity contribution is 4.87. The van der Waals surface area contributed by atoms with E-state index in [2.05, 4.69) is 6.92 Å². The molecule has 0 radical (unpaired) electrons. The van der Waals surface area contributed by atoms with E-state index >= 15 is 0 Å². The average molecular weight is 248 g/mol. The summed E-state index contributed by atoms with van der Waals surface area (Å²) in [5.41, 5.74) is 0. The molecule has 5 nitrogen and oxygen atoms in total. The van der Waals surface area contributed by atoms with Gasteiger partial charge in [-0.2, -0.15) is 0 Å². The molecule has 102 valence electrons. The maximum absolute atomic E-state index is 9.74. The highest BCUT2D eigenvalue weighted by Crippen LogP contribution is 2.23. The van der Waals surface area contributed by atoms with Crippen molar-refractivity contribution in [3.05, 3.63) is 0 Å². The van der Waals surface area contributed by atoms with Crippen molar-refractivity contribution in [2.75, 3.05) is 0 Å². The molecule has 5 heteroatoms. The van der Waals surface area contributed by atoms with Crippen molar-refractivity contribution in [3.8, 4) is 0 Å². The standard InChI is InChI=1S/C12H24O5/c1-4-5-6-7(2)16-12-11(15)10(14)9(13)8(3)17-12/h7-15H,4-6H2,1-3H3/t7-,8-,9-,10+,11+,12+/m0/s1. The SMILES string of the molecule is CCCC[C@H](C)O[C@@H]1O[C@@H](C)[C@H](O)[C@@H](O)[C@H]1O. The summed E-state index contributed by atoms with van der Waals surface area (Å²) >= 11 is 0. The molecular weight excluding hydrogens is 224 g/mol. The molecule has 0 unspecified atom stereocenters. The monoisotopic (exact) mass is 248 g/mol. The van der Waals surface area contributed by atoms with Gasteiger partial charge in [0.05, 0.1) is 12.2 Å². The fourth-order valence-corrected chi connectivity index (χ4v) is 1.91. The van der Waals surface area contributed by atoms with Crippen molar-refractivity contribution in [2.45, 2.75) is 76.8 Å². The quantitative estimate of drug-likeness (QED) is 0.656. The third kappa shape index (κ3) is 3.89. The molecule has 6 atom stereocenters. The van der Waals surface area contributed by atoms with Crippen molar-refractivity contribution in [2.24, 2.45) is 0 Å². The van der Waals surface area contributed by atoms with Gasteiger partial charge in [0.1, 0.15) is 18.3 Å². The fraction of sp³-hybridized carbons (Fsp3) is 1.00. The predicted octanol–water partition coefficient (Wildman–Crippen LogP) is 0.409. The van der Waals surface area contributed by atoms with Crippen LogP contribution in [0.15, 0.2) is 0 Å². The summed E-state index contributed by atoms with van der Waals surface area (Å²) in [6.45, 7) is 5.65. The molecule has 0 saturated carbocycles. The van der Waals surface area contributed by atoms with Crippen LogP contribution < -0.4 is 0 Å². The summed E-state index contributed by atoms with van der Waals surface area (Å²) in [7, 11) is 0. The van der Waals surface area contributed by atoms with Gasteiger partial charge in [-0.3, -0.25) is 0 Å². The van der Waals surface area contributed by atoms with E-state index < -0.39 is 30.7 Å². The zero-order valence-corrected chi connectivity index (χ0v) is 10.7. The van der Waals surface area contributed by atoms with Crippen molar-refractivity contribution in [1.82, 2.24) is 0 Å². The second kappa shape index (κ2) is 6.66. The number of unbranched alkanes of at least 4 members (excludes halogenated alkanes) is 1. The maximum atomic E-state index is 9.74. The van der Waals surface area contributed by atoms with Crippen molar-refractivity contribution in [1.29, 1.82) is 0 Å². The first-order chi connectivity index (χ1) is 7.97. The van der Waals surface area contributed by atoms with Gasteiger partial charge in [0.15, 0.2) is 6.29 Å². The van der Waals surface area contributed by atoms with E-state index in [0.717, 1.165) is 19.3 Å². The summed E-state index contributed by atoms with van der Waals surface area (Å²) in [5, 5.41) is 28.9. The Morgan fingerprint density at radius 1 is 1.18 bits per heavy atom. The number of hydrogen-bond donors (Lipinski definition) is 3. The third-order valence-corrected chi connectivity index (χ3v) is 3.14.